The van der Waals surface area contributed by atoms with Crippen molar-refractivity contribution in [1.82, 2.24) is 0 Å². The first-order valence-electron chi connectivity index (χ1n) is 7.22. The second-order valence-corrected chi connectivity index (χ2v) is 5.92. The number of aliphatic hydroxyl groups is 1. The SMILES string of the molecule is C=C(C)/C(CO)=C(\N=C(SC)C(C)CC)c1ccccc1. The van der Waals surface area contributed by atoms with Gasteiger partial charge in [0.2, 0.25) is 0 Å². The molecule has 0 amide bonds. The van der Waals surface area contributed by atoms with E-state index < -0.39 is 0 Å². The summed E-state index contributed by atoms with van der Waals surface area (Å²) in [5.74, 6) is 0.406. The molecule has 0 aliphatic heterocycles. The van der Waals surface area contributed by atoms with Gasteiger partial charge in [0, 0.05) is 17.1 Å². The number of thioether (sulfide) groups is 1. The lowest BCUT2D eigenvalue weighted by molar-refractivity contribution is 0.334. The van der Waals surface area contributed by atoms with Crippen LogP contribution in [-0.4, -0.2) is 23.0 Å². The van der Waals surface area contributed by atoms with Crippen LogP contribution in [0.5, 0.6) is 0 Å². The molecule has 1 atom stereocenters. The Balaban J connectivity index is 3.46. The molecule has 0 heterocycles. The Hall–Kier alpha value is -1.32. The number of aliphatic imine (C=N–C) groups is 1. The first-order chi connectivity index (χ1) is 10.0. The van der Waals surface area contributed by atoms with Crippen molar-refractivity contribution in [2.45, 2.75) is 27.2 Å². The number of rotatable bonds is 6. The smallest absolute Gasteiger partial charge is 0.0769 e. The molecule has 0 fully saturated rings. The normalized spacial score (nSPS) is 14.6. The maximum atomic E-state index is 9.71. The van der Waals surface area contributed by atoms with Crippen LogP contribution in [0.25, 0.3) is 5.70 Å². The molecule has 0 radical (unpaired) electrons. The topological polar surface area (TPSA) is 32.6 Å². The second kappa shape index (κ2) is 8.85. The van der Waals surface area contributed by atoms with Crippen molar-refractivity contribution in [2.75, 3.05) is 12.9 Å². The fourth-order valence-electron chi connectivity index (χ4n) is 1.96. The van der Waals surface area contributed by atoms with Gasteiger partial charge in [-0.05, 0) is 19.6 Å². The molecule has 2 nitrogen and oxygen atoms in total. The van der Waals surface area contributed by atoms with Crippen LogP contribution in [0.1, 0.15) is 32.8 Å². The van der Waals surface area contributed by atoms with Crippen LogP contribution in [0.3, 0.4) is 0 Å². The van der Waals surface area contributed by atoms with Gasteiger partial charge in [-0.1, -0.05) is 56.3 Å². The molecule has 1 aromatic carbocycles. The molecule has 0 spiro atoms. The first-order valence-corrected chi connectivity index (χ1v) is 8.45. The molecule has 3 heteroatoms. The largest absolute Gasteiger partial charge is 0.392 e. The predicted molar refractivity (Wildman–Crippen MR) is 95.7 cm³/mol. The summed E-state index contributed by atoms with van der Waals surface area (Å²) in [7, 11) is 0. The molecular weight excluding hydrogens is 278 g/mol. The Morgan fingerprint density at radius 3 is 2.38 bits per heavy atom. The average molecular weight is 303 g/mol. The number of hydrogen-bond acceptors (Lipinski definition) is 3. The summed E-state index contributed by atoms with van der Waals surface area (Å²) in [5.41, 5.74) is 3.50. The van der Waals surface area contributed by atoms with Gasteiger partial charge in [0.15, 0.2) is 0 Å². The van der Waals surface area contributed by atoms with Gasteiger partial charge in [0.25, 0.3) is 0 Å². The summed E-state index contributed by atoms with van der Waals surface area (Å²) in [6, 6.07) is 9.99. The quantitative estimate of drug-likeness (QED) is 0.466. The Labute approximate surface area is 132 Å². The minimum atomic E-state index is -0.0504. The fraction of sp³-hybridized carbons (Fsp3) is 0.389. The van der Waals surface area contributed by atoms with E-state index in [9.17, 15) is 5.11 Å². The fourth-order valence-corrected chi connectivity index (χ4v) is 2.71. The first kappa shape index (κ1) is 17.7. The third-order valence-corrected chi connectivity index (χ3v) is 4.38. The Morgan fingerprint density at radius 2 is 1.95 bits per heavy atom. The van der Waals surface area contributed by atoms with Gasteiger partial charge >= 0.3 is 0 Å². The highest BCUT2D eigenvalue weighted by Gasteiger charge is 2.13. The van der Waals surface area contributed by atoms with Crippen LogP contribution >= 0.6 is 11.8 Å². The Bertz CT molecular complexity index is 531. The highest BCUT2D eigenvalue weighted by Crippen LogP contribution is 2.27. The van der Waals surface area contributed by atoms with E-state index in [2.05, 4.69) is 20.4 Å². The van der Waals surface area contributed by atoms with Crippen LogP contribution in [0.15, 0.2) is 53.0 Å². The van der Waals surface area contributed by atoms with Crippen LogP contribution in [-0.2, 0) is 0 Å². The molecule has 0 aliphatic carbocycles. The molecule has 1 aromatic rings. The van der Waals surface area contributed by atoms with Gasteiger partial charge in [0.1, 0.15) is 0 Å². The third kappa shape index (κ3) is 4.87. The predicted octanol–water partition coefficient (Wildman–Crippen LogP) is 4.77. The third-order valence-electron chi connectivity index (χ3n) is 3.47. The minimum Gasteiger partial charge on any atom is -0.392 e. The van der Waals surface area contributed by atoms with E-state index in [-0.39, 0.29) is 6.61 Å². The Kier molecular flexibility index (Phi) is 7.48. The zero-order valence-electron chi connectivity index (χ0n) is 13.4. The van der Waals surface area contributed by atoms with E-state index in [4.69, 9.17) is 4.99 Å². The van der Waals surface area contributed by atoms with Crippen LogP contribution < -0.4 is 0 Å². The lowest BCUT2D eigenvalue weighted by Crippen LogP contribution is -2.07. The molecule has 0 saturated heterocycles. The van der Waals surface area contributed by atoms with Crippen LogP contribution in [0.4, 0.5) is 0 Å². The average Bonchev–Trinajstić information content (AvgIpc) is 2.51. The maximum Gasteiger partial charge on any atom is 0.0769 e. The van der Waals surface area contributed by atoms with Gasteiger partial charge in [-0.25, -0.2) is 4.99 Å². The highest BCUT2D eigenvalue weighted by atomic mass is 32.2. The van der Waals surface area contributed by atoms with Gasteiger partial charge in [0.05, 0.1) is 17.3 Å². The molecule has 1 rings (SSSR count). The van der Waals surface area contributed by atoms with Crippen molar-refractivity contribution < 1.29 is 5.11 Å². The molecule has 0 aromatic heterocycles. The van der Waals surface area contributed by atoms with E-state index in [1.807, 2.05) is 43.5 Å². The van der Waals surface area contributed by atoms with E-state index in [1.165, 1.54) is 0 Å². The lowest BCUT2D eigenvalue weighted by atomic mass is 10.0. The summed E-state index contributed by atoms with van der Waals surface area (Å²) in [6.45, 7) is 10.2. The van der Waals surface area contributed by atoms with Gasteiger partial charge < -0.3 is 5.11 Å². The van der Waals surface area contributed by atoms with E-state index in [0.717, 1.165) is 33.9 Å². The van der Waals surface area contributed by atoms with Crippen molar-refractivity contribution in [3.05, 3.63) is 53.6 Å². The van der Waals surface area contributed by atoms with E-state index in [0.29, 0.717) is 5.92 Å². The highest BCUT2D eigenvalue weighted by molar-refractivity contribution is 8.13. The van der Waals surface area contributed by atoms with Crippen molar-refractivity contribution >= 4 is 22.5 Å². The van der Waals surface area contributed by atoms with Gasteiger partial charge in [-0.2, -0.15) is 0 Å². The second-order valence-electron chi connectivity index (χ2n) is 5.10. The van der Waals surface area contributed by atoms with E-state index in [1.54, 1.807) is 11.8 Å². The van der Waals surface area contributed by atoms with Crippen molar-refractivity contribution in [3.63, 3.8) is 0 Å². The molecule has 0 bridgehead atoms. The summed E-state index contributed by atoms with van der Waals surface area (Å²) >= 11 is 1.67. The monoisotopic (exact) mass is 303 g/mol. The molecule has 0 saturated carbocycles. The van der Waals surface area contributed by atoms with Gasteiger partial charge in [-0.3, -0.25) is 0 Å². The minimum absolute atomic E-state index is 0.0504. The van der Waals surface area contributed by atoms with Crippen molar-refractivity contribution in [2.24, 2.45) is 10.9 Å². The lowest BCUT2D eigenvalue weighted by Gasteiger charge is -2.15. The summed E-state index contributed by atoms with van der Waals surface area (Å²) in [6.07, 6.45) is 3.09. The molecule has 0 aliphatic rings. The number of benzene rings is 1. The molecular formula is C18H25NOS. The van der Waals surface area contributed by atoms with E-state index >= 15 is 0 Å². The maximum absolute atomic E-state index is 9.71. The van der Waals surface area contributed by atoms with Crippen molar-refractivity contribution in [3.8, 4) is 0 Å². The molecule has 1 N–H and O–H groups in total. The number of aliphatic hydroxyl groups excluding tert-OH is 1. The number of nitrogens with zero attached hydrogens (tertiary/aromatic N) is 1. The Morgan fingerprint density at radius 1 is 1.33 bits per heavy atom. The summed E-state index contributed by atoms with van der Waals surface area (Å²) < 4.78 is 0. The van der Waals surface area contributed by atoms with Gasteiger partial charge in [-0.15, -0.1) is 11.8 Å². The zero-order valence-corrected chi connectivity index (χ0v) is 14.2. The molecule has 21 heavy (non-hydrogen) atoms. The van der Waals surface area contributed by atoms with Crippen molar-refractivity contribution in [1.29, 1.82) is 0 Å². The zero-order chi connectivity index (χ0) is 15.8. The molecule has 114 valence electrons. The number of hydrogen-bond donors (Lipinski definition) is 1. The molecule has 1 unspecified atom stereocenters. The standard InChI is InChI=1S/C18H25NOS/c1-6-14(4)18(21-5)19-17(16(12-20)13(2)3)15-10-8-7-9-11-15/h7-11,14,20H,2,6,12H2,1,3-5H3/b17-16-,19-18?. The van der Waals surface area contributed by atoms with Crippen LogP contribution in [0, 0.1) is 5.92 Å². The summed E-state index contributed by atoms with van der Waals surface area (Å²) in [5, 5.41) is 10.8. The van der Waals surface area contributed by atoms with Crippen LogP contribution in [0.2, 0.25) is 0 Å². The summed E-state index contributed by atoms with van der Waals surface area (Å²) in [4.78, 5) is 4.87.